The molecular weight excluding hydrogens is 248 g/mol. The summed E-state index contributed by atoms with van der Waals surface area (Å²) in [6, 6.07) is 1.81. The zero-order valence-electron chi connectivity index (χ0n) is 10.3. The summed E-state index contributed by atoms with van der Waals surface area (Å²) in [6.07, 6.45) is 3.16. The Kier molecular flexibility index (Phi) is 2.31. The molecule has 3 aromatic heterocycles. The summed E-state index contributed by atoms with van der Waals surface area (Å²) < 4.78 is 3.19. The first-order valence-electron chi connectivity index (χ1n) is 5.51. The lowest BCUT2D eigenvalue weighted by molar-refractivity contribution is 0.0693. The lowest BCUT2D eigenvalue weighted by Crippen LogP contribution is -2.01. The number of carboxylic acids is 1. The number of hydrogen-bond donors (Lipinski definition) is 1. The van der Waals surface area contributed by atoms with E-state index in [1.807, 2.05) is 13.0 Å². The van der Waals surface area contributed by atoms with Gasteiger partial charge in [0.05, 0.1) is 11.9 Å². The molecule has 0 aliphatic carbocycles. The van der Waals surface area contributed by atoms with Crippen molar-refractivity contribution in [2.75, 3.05) is 0 Å². The highest BCUT2D eigenvalue weighted by Crippen LogP contribution is 2.18. The zero-order chi connectivity index (χ0) is 13.6. The van der Waals surface area contributed by atoms with Gasteiger partial charge in [-0.2, -0.15) is 0 Å². The Labute approximate surface area is 107 Å². The van der Waals surface area contributed by atoms with Gasteiger partial charge in [-0.25, -0.2) is 14.8 Å². The number of carboxylic acid groups (broad SMARTS) is 1. The number of aryl methyl sites for hydroxylation is 2. The van der Waals surface area contributed by atoms with Crippen molar-refractivity contribution in [1.82, 2.24) is 29.4 Å². The van der Waals surface area contributed by atoms with E-state index in [-0.39, 0.29) is 5.69 Å². The summed E-state index contributed by atoms with van der Waals surface area (Å²) in [5, 5.41) is 16.9. The molecule has 0 bridgehead atoms. The van der Waals surface area contributed by atoms with Gasteiger partial charge < -0.3 is 5.11 Å². The number of hydrogen-bond acceptors (Lipinski definition) is 5. The molecule has 0 unspecified atom stereocenters. The van der Waals surface area contributed by atoms with Crippen LogP contribution in [0.25, 0.3) is 17.0 Å². The Balaban J connectivity index is 2.27. The maximum atomic E-state index is 11.1. The van der Waals surface area contributed by atoms with E-state index in [9.17, 15) is 4.79 Å². The fraction of sp³-hybridized carbons (Fsp3) is 0.182. The second-order valence-corrected chi connectivity index (χ2v) is 4.15. The number of aromatic nitrogens is 6. The highest BCUT2D eigenvalue weighted by atomic mass is 16.4. The molecule has 19 heavy (non-hydrogen) atoms. The van der Waals surface area contributed by atoms with Gasteiger partial charge in [-0.05, 0) is 13.0 Å². The van der Waals surface area contributed by atoms with Crippen LogP contribution in [0, 0.1) is 6.92 Å². The quantitative estimate of drug-likeness (QED) is 0.720. The van der Waals surface area contributed by atoms with Crippen LogP contribution in [-0.4, -0.2) is 40.4 Å². The summed E-state index contributed by atoms with van der Waals surface area (Å²) in [6.45, 7) is 1.85. The van der Waals surface area contributed by atoms with E-state index in [0.717, 1.165) is 5.69 Å². The minimum atomic E-state index is -1.11. The number of rotatable bonds is 2. The Morgan fingerprint density at radius 3 is 2.79 bits per heavy atom. The molecule has 0 aromatic carbocycles. The fourth-order valence-corrected chi connectivity index (χ4v) is 1.87. The molecule has 8 heteroatoms. The highest BCUT2D eigenvalue weighted by Gasteiger charge is 2.16. The van der Waals surface area contributed by atoms with Crippen molar-refractivity contribution in [2.24, 2.45) is 7.05 Å². The third kappa shape index (κ3) is 1.73. The Morgan fingerprint density at radius 2 is 2.16 bits per heavy atom. The summed E-state index contributed by atoms with van der Waals surface area (Å²) in [5.74, 6) is -1.11. The third-order valence-corrected chi connectivity index (χ3v) is 2.76. The van der Waals surface area contributed by atoms with Gasteiger partial charge in [0, 0.05) is 12.7 Å². The van der Waals surface area contributed by atoms with E-state index in [4.69, 9.17) is 5.11 Å². The van der Waals surface area contributed by atoms with Crippen LogP contribution in [0.5, 0.6) is 0 Å². The number of fused-ring (bicyclic) bond motifs is 1. The van der Waals surface area contributed by atoms with Crippen molar-refractivity contribution in [2.45, 2.75) is 6.92 Å². The molecule has 0 aliphatic heterocycles. The summed E-state index contributed by atoms with van der Waals surface area (Å²) in [5.41, 5.74) is 2.21. The van der Waals surface area contributed by atoms with Crippen LogP contribution in [0.3, 0.4) is 0 Å². The molecule has 3 rings (SSSR count). The van der Waals surface area contributed by atoms with Crippen LogP contribution < -0.4 is 0 Å². The van der Waals surface area contributed by atoms with Gasteiger partial charge in [-0.3, -0.25) is 9.08 Å². The molecule has 96 valence electrons. The number of imidazole rings is 1. The molecule has 0 amide bonds. The normalized spacial score (nSPS) is 11.1. The smallest absolute Gasteiger partial charge is 0.358 e. The van der Waals surface area contributed by atoms with Gasteiger partial charge >= 0.3 is 5.97 Å². The second kappa shape index (κ2) is 3.87. The molecule has 3 aromatic rings. The van der Waals surface area contributed by atoms with Crippen LogP contribution in [0.4, 0.5) is 0 Å². The van der Waals surface area contributed by atoms with Crippen LogP contribution in [0.2, 0.25) is 0 Å². The molecule has 0 atom stereocenters. The summed E-state index contributed by atoms with van der Waals surface area (Å²) in [4.78, 5) is 19.3. The van der Waals surface area contributed by atoms with Crippen LogP contribution in [0.15, 0.2) is 18.6 Å². The van der Waals surface area contributed by atoms with E-state index in [1.54, 1.807) is 22.3 Å². The fourth-order valence-electron chi connectivity index (χ4n) is 1.87. The Morgan fingerprint density at radius 1 is 1.37 bits per heavy atom. The molecule has 0 saturated heterocycles. The predicted octanol–water partition coefficient (Wildman–Crippen LogP) is 0.531. The van der Waals surface area contributed by atoms with Crippen LogP contribution in [-0.2, 0) is 7.05 Å². The molecule has 0 fully saturated rings. The molecule has 8 nitrogen and oxygen atoms in total. The van der Waals surface area contributed by atoms with Crippen LogP contribution in [0.1, 0.15) is 16.2 Å². The Hall–Kier alpha value is -2.77. The van der Waals surface area contributed by atoms with Crippen molar-refractivity contribution in [3.63, 3.8) is 0 Å². The number of nitrogens with zero attached hydrogens (tertiary/aromatic N) is 6. The molecule has 0 radical (unpaired) electrons. The summed E-state index contributed by atoms with van der Waals surface area (Å²) >= 11 is 0. The second-order valence-electron chi connectivity index (χ2n) is 4.15. The number of carbonyl (C=O) groups is 1. The first kappa shape index (κ1) is 11.3. The van der Waals surface area contributed by atoms with Gasteiger partial charge in [0.1, 0.15) is 12.0 Å². The maximum Gasteiger partial charge on any atom is 0.358 e. The van der Waals surface area contributed by atoms with Crippen LogP contribution >= 0.6 is 0 Å². The maximum absolute atomic E-state index is 11.1. The van der Waals surface area contributed by atoms with Crippen molar-refractivity contribution >= 4 is 11.6 Å². The number of aromatic carboxylic acids is 1. The van der Waals surface area contributed by atoms with Crippen molar-refractivity contribution in [3.8, 4) is 11.4 Å². The van der Waals surface area contributed by atoms with Gasteiger partial charge in [0.15, 0.2) is 11.3 Å². The van der Waals surface area contributed by atoms with Crippen molar-refractivity contribution in [3.05, 3.63) is 30.0 Å². The Bertz CT molecular complexity index is 788. The average molecular weight is 258 g/mol. The van der Waals surface area contributed by atoms with E-state index < -0.39 is 5.97 Å². The van der Waals surface area contributed by atoms with Crippen molar-refractivity contribution in [1.29, 1.82) is 0 Å². The third-order valence-electron chi connectivity index (χ3n) is 2.76. The van der Waals surface area contributed by atoms with E-state index in [1.165, 1.54) is 6.33 Å². The van der Waals surface area contributed by atoms with E-state index in [0.29, 0.717) is 17.0 Å². The minimum absolute atomic E-state index is 0.0751. The molecule has 3 heterocycles. The first-order valence-corrected chi connectivity index (χ1v) is 5.51. The molecular formula is C11H10N6O2. The van der Waals surface area contributed by atoms with E-state index in [2.05, 4.69) is 20.3 Å². The molecule has 0 aliphatic rings. The lowest BCUT2D eigenvalue weighted by Gasteiger charge is -2.02. The largest absolute Gasteiger partial charge is 0.476 e. The minimum Gasteiger partial charge on any atom is -0.476 e. The van der Waals surface area contributed by atoms with Gasteiger partial charge in [-0.15, -0.1) is 5.10 Å². The standard InChI is InChI=1S/C11H10N6O2/c1-6-3-7(8-4-16(2)15-14-8)13-10-9(11(18)19)12-5-17(6)10/h3-5H,1-2H3,(H,18,19). The predicted molar refractivity (Wildman–Crippen MR) is 64.7 cm³/mol. The average Bonchev–Trinajstić information content (AvgIpc) is 2.94. The lowest BCUT2D eigenvalue weighted by atomic mass is 10.2. The summed E-state index contributed by atoms with van der Waals surface area (Å²) in [7, 11) is 1.75. The zero-order valence-corrected chi connectivity index (χ0v) is 10.3. The van der Waals surface area contributed by atoms with Gasteiger partial charge in [0.2, 0.25) is 0 Å². The molecule has 0 spiro atoms. The highest BCUT2D eigenvalue weighted by molar-refractivity contribution is 5.92. The van der Waals surface area contributed by atoms with Crippen molar-refractivity contribution < 1.29 is 9.90 Å². The molecule has 0 saturated carbocycles. The first-order chi connectivity index (χ1) is 9.06. The SMILES string of the molecule is Cc1cc(-c2cn(C)nn2)nc2c(C(=O)O)ncn12. The monoisotopic (exact) mass is 258 g/mol. The molecule has 1 N–H and O–H groups in total. The van der Waals surface area contributed by atoms with Gasteiger partial charge in [-0.1, -0.05) is 5.21 Å². The van der Waals surface area contributed by atoms with E-state index >= 15 is 0 Å². The van der Waals surface area contributed by atoms with Gasteiger partial charge in [0.25, 0.3) is 0 Å². The topological polar surface area (TPSA) is 98.2 Å².